The lowest BCUT2D eigenvalue weighted by atomic mass is 9.79. The minimum atomic E-state index is -1.39. The van der Waals surface area contributed by atoms with Crippen LogP contribution >= 0.6 is 0 Å². The highest BCUT2D eigenvalue weighted by Gasteiger charge is 2.32. The Morgan fingerprint density at radius 2 is 2.14 bits per heavy atom. The summed E-state index contributed by atoms with van der Waals surface area (Å²) < 4.78 is 1.79. The van der Waals surface area contributed by atoms with Crippen LogP contribution in [-0.4, -0.2) is 26.9 Å². The predicted molar refractivity (Wildman–Crippen MR) is 54.4 cm³/mol. The third-order valence-electron chi connectivity index (χ3n) is 2.56. The third-order valence-corrected chi connectivity index (χ3v) is 2.56. The lowest BCUT2D eigenvalue weighted by molar-refractivity contribution is 0.425. The van der Waals surface area contributed by atoms with Gasteiger partial charge in [-0.1, -0.05) is 0 Å². The molecule has 1 aliphatic carbocycles. The quantitative estimate of drug-likeness (QED) is 0.667. The van der Waals surface area contributed by atoms with E-state index in [0.717, 1.165) is 18.5 Å². The average molecular weight is 194 g/mol. The van der Waals surface area contributed by atoms with Crippen molar-refractivity contribution in [2.45, 2.75) is 38.6 Å². The molecule has 5 heteroatoms. The first-order valence-corrected chi connectivity index (χ1v) is 5.04. The number of hydrogen-bond donors (Lipinski definition) is 2. The van der Waals surface area contributed by atoms with E-state index in [0.29, 0.717) is 11.4 Å². The minimum absolute atomic E-state index is 0.264. The van der Waals surface area contributed by atoms with Crippen LogP contribution < -0.4 is 5.46 Å². The molecule has 0 aliphatic heterocycles. The molecule has 2 rings (SSSR count). The fraction of sp³-hybridized carbons (Fsp3) is 0.667. The minimum Gasteiger partial charge on any atom is -0.423 e. The van der Waals surface area contributed by atoms with Crippen molar-refractivity contribution in [1.29, 1.82) is 0 Å². The lowest BCUT2D eigenvalue weighted by Crippen LogP contribution is -2.31. The second-order valence-electron chi connectivity index (χ2n) is 4.19. The molecule has 0 aromatic carbocycles. The van der Waals surface area contributed by atoms with Gasteiger partial charge in [0.1, 0.15) is 0 Å². The predicted octanol–water partition coefficient (Wildman–Crippen LogP) is 0.0212. The zero-order valence-electron chi connectivity index (χ0n) is 8.51. The number of nitrogens with zero attached hydrogens (tertiary/aromatic N) is 2. The van der Waals surface area contributed by atoms with Crippen molar-refractivity contribution in [3.05, 3.63) is 11.9 Å². The Kier molecular flexibility index (Phi) is 2.37. The van der Waals surface area contributed by atoms with Crippen LogP contribution in [0.2, 0.25) is 0 Å². The third kappa shape index (κ3) is 1.70. The summed E-state index contributed by atoms with van der Waals surface area (Å²) in [7, 11) is -1.39. The fourth-order valence-corrected chi connectivity index (χ4v) is 1.56. The van der Waals surface area contributed by atoms with Crippen molar-refractivity contribution in [2.24, 2.45) is 0 Å². The number of rotatable bonds is 3. The van der Waals surface area contributed by atoms with Gasteiger partial charge in [0.25, 0.3) is 0 Å². The molecule has 0 saturated heterocycles. The van der Waals surface area contributed by atoms with E-state index in [2.05, 4.69) is 5.10 Å². The molecular weight excluding hydrogens is 179 g/mol. The van der Waals surface area contributed by atoms with Crippen molar-refractivity contribution in [2.75, 3.05) is 0 Å². The van der Waals surface area contributed by atoms with Gasteiger partial charge in [-0.3, -0.25) is 4.68 Å². The SMILES string of the molecule is CC(C)n1cc(B(O)O)c(C2CC2)n1. The molecule has 1 heterocycles. The van der Waals surface area contributed by atoms with Gasteiger partial charge in [-0.05, 0) is 26.7 Å². The fourth-order valence-electron chi connectivity index (χ4n) is 1.56. The molecule has 0 bridgehead atoms. The summed E-state index contributed by atoms with van der Waals surface area (Å²) in [4.78, 5) is 0. The first-order valence-electron chi connectivity index (χ1n) is 5.04. The molecule has 0 amide bonds. The van der Waals surface area contributed by atoms with Gasteiger partial charge in [-0.25, -0.2) is 0 Å². The summed E-state index contributed by atoms with van der Waals surface area (Å²) in [5.74, 6) is 0.451. The number of aromatic nitrogens is 2. The molecule has 1 saturated carbocycles. The molecule has 4 nitrogen and oxygen atoms in total. The molecule has 2 N–H and O–H groups in total. The molecule has 0 radical (unpaired) electrons. The van der Waals surface area contributed by atoms with Crippen LogP contribution in [0.3, 0.4) is 0 Å². The van der Waals surface area contributed by atoms with Crippen molar-refractivity contribution in [3.8, 4) is 0 Å². The van der Waals surface area contributed by atoms with Gasteiger partial charge >= 0.3 is 7.12 Å². The number of hydrogen-bond acceptors (Lipinski definition) is 3. The van der Waals surface area contributed by atoms with Crippen molar-refractivity contribution in [1.82, 2.24) is 9.78 Å². The van der Waals surface area contributed by atoms with E-state index in [1.807, 2.05) is 13.8 Å². The van der Waals surface area contributed by atoms with E-state index in [1.54, 1.807) is 10.9 Å². The van der Waals surface area contributed by atoms with Gasteiger partial charge < -0.3 is 10.0 Å². The highest BCUT2D eigenvalue weighted by Crippen LogP contribution is 2.38. The Labute approximate surface area is 83.7 Å². The standard InChI is InChI=1S/C9H15BN2O2/c1-6(2)12-5-8(10(13)14)9(11-12)7-3-4-7/h5-7,13-14H,3-4H2,1-2H3. The van der Waals surface area contributed by atoms with Crippen LogP contribution in [0.5, 0.6) is 0 Å². The van der Waals surface area contributed by atoms with Gasteiger partial charge in [0.2, 0.25) is 0 Å². The Hall–Kier alpha value is -0.805. The summed E-state index contributed by atoms with van der Waals surface area (Å²) in [6, 6.07) is 0.264. The summed E-state index contributed by atoms with van der Waals surface area (Å²) in [5, 5.41) is 22.7. The maximum absolute atomic E-state index is 9.18. The van der Waals surface area contributed by atoms with E-state index in [1.165, 1.54) is 0 Å². The first kappa shape index (κ1) is 9.74. The van der Waals surface area contributed by atoms with E-state index < -0.39 is 7.12 Å². The molecule has 76 valence electrons. The molecule has 1 fully saturated rings. The van der Waals surface area contributed by atoms with Gasteiger partial charge in [0.15, 0.2) is 0 Å². The molecule has 0 spiro atoms. The summed E-state index contributed by atoms with van der Waals surface area (Å²) in [6.07, 6.45) is 3.98. The summed E-state index contributed by atoms with van der Waals surface area (Å²) in [5.41, 5.74) is 1.44. The Balaban J connectivity index is 2.35. The van der Waals surface area contributed by atoms with Gasteiger partial charge in [-0.15, -0.1) is 0 Å². The molecule has 14 heavy (non-hydrogen) atoms. The maximum Gasteiger partial charge on any atom is 0.491 e. The van der Waals surface area contributed by atoms with E-state index in [-0.39, 0.29) is 6.04 Å². The van der Waals surface area contributed by atoms with Gasteiger partial charge in [0, 0.05) is 23.6 Å². The van der Waals surface area contributed by atoms with Crippen LogP contribution in [0.4, 0.5) is 0 Å². The topological polar surface area (TPSA) is 58.3 Å². The largest absolute Gasteiger partial charge is 0.491 e. The summed E-state index contributed by atoms with van der Waals surface area (Å²) >= 11 is 0. The second-order valence-corrected chi connectivity index (χ2v) is 4.19. The Bertz CT molecular complexity index is 312. The average Bonchev–Trinajstić information content (AvgIpc) is 2.83. The van der Waals surface area contributed by atoms with Crippen molar-refractivity contribution < 1.29 is 10.0 Å². The zero-order valence-corrected chi connectivity index (χ0v) is 8.51. The van der Waals surface area contributed by atoms with Gasteiger partial charge in [0.05, 0.1) is 5.69 Å². The molecular formula is C9H15BN2O2. The molecule has 1 aliphatic rings. The molecule has 1 aromatic rings. The van der Waals surface area contributed by atoms with Crippen LogP contribution in [-0.2, 0) is 0 Å². The van der Waals surface area contributed by atoms with Crippen molar-refractivity contribution in [3.63, 3.8) is 0 Å². The van der Waals surface area contributed by atoms with E-state index in [4.69, 9.17) is 0 Å². The maximum atomic E-state index is 9.18. The van der Waals surface area contributed by atoms with Gasteiger partial charge in [-0.2, -0.15) is 5.10 Å². The Morgan fingerprint density at radius 3 is 2.57 bits per heavy atom. The Morgan fingerprint density at radius 1 is 1.50 bits per heavy atom. The van der Waals surface area contributed by atoms with Crippen LogP contribution in [0, 0.1) is 0 Å². The van der Waals surface area contributed by atoms with Crippen molar-refractivity contribution >= 4 is 12.6 Å². The molecule has 0 unspecified atom stereocenters. The first-order chi connectivity index (χ1) is 6.59. The molecule has 0 atom stereocenters. The smallest absolute Gasteiger partial charge is 0.423 e. The monoisotopic (exact) mass is 194 g/mol. The second kappa shape index (κ2) is 3.40. The normalized spacial score (nSPS) is 16.4. The van der Waals surface area contributed by atoms with Crippen LogP contribution in [0.15, 0.2) is 6.20 Å². The van der Waals surface area contributed by atoms with Crippen LogP contribution in [0.1, 0.15) is 44.3 Å². The summed E-state index contributed by atoms with van der Waals surface area (Å²) in [6.45, 7) is 4.05. The van der Waals surface area contributed by atoms with Crippen LogP contribution in [0.25, 0.3) is 0 Å². The lowest BCUT2D eigenvalue weighted by Gasteiger charge is -2.03. The highest BCUT2D eigenvalue weighted by molar-refractivity contribution is 6.59. The highest BCUT2D eigenvalue weighted by atomic mass is 16.4. The molecule has 1 aromatic heterocycles. The van der Waals surface area contributed by atoms with E-state index in [9.17, 15) is 10.0 Å². The van der Waals surface area contributed by atoms with E-state index >= 15 is 0 Å². The zero-order chi connectivity index (χ0) is 10.3.